The summed E-state index contributed by atoms with van der Waals surface area (Å²) >= 11 is 11.3. The first-order valence-corrected chi connectivity index (χ1v) is 13.5. The van der Waals surface area contributed by atoms with E-state index in [9.17, 15) is 10.1 Å². The minimum Gasteiger partial charge on any atom is -0.487 e. The molecule has 0 aliphatic rings. The Morgan fingerprint density at radius 3 is 2.15 bits per heavy atom. The van der Waals surface area contributed by atoms with Gasteiger partial charge in [0.25, 0.3) is 5.91 Å². The quantitative estimate of drug-likeness (QED) is 0.156. The summed E-state index contributed by atoms with van der Waals surface area (Å²) in [6.45, 7) is 4.48. The fourth-order valence-corrected chi connectivity index (χ4v) is 6.70. The van der Waals surface area contributed by atoms with Gasteiger partial charge in [0.1, 0.15) is 24.0 Å². The van der Waals surface area contributed by atoms with Crippen molar-refractivity contribution >= 4 is 94.7 Å². The van der Waals surface area contributed by atoms with Crippen molar-refractivity contribution in [1.82, 2.24) is 0 Å². The lowest BCUT2D eigenvalue weighted by Gasteiger charge is -2.12. The van der Waals surface area contributed by atoms with Crippen LogP contribution >= 0.6 is 77.0 Å². The van der Waals surface area contributed by atoms with Gasteiger partial charge in [-0.25, -0.2) is 0 Å². The molecular formula is C25H18Br2I2N2O2. The third kappa shape index (κ3) is 7.04. The van der Waals surface area contributed by atoms with Crippen LogP contribution in [0.3, 0.4) is 0 Å². The van der Waals surface area contributed by atoms with Crippen LogP contribution in [0.4, 0.5) is 5.69 Å². The number of amides is 1. The van der Waals surface area contributed by atoms with Crippen LogP contribution in [0.25, 0.3) is 6.08 Å². The Hall–Kier alpha value is -1.42. The zero-order valence-electron chi connectivity index (χ0n) is 17.7. The van der Waals surface area contributed by atoms with Crippen LogP contribution in [0, 0.1) is 32.3 Å². The van der Waals surface area contributed by atoms with Crippen LogP contribution in [0.1, 0.15) is 22.3 Å². The van der Waals surface area contributed by atoms with Crippen LogP contribution in [0.5, 0.6) is 5.75 Å². The Morgan fingerprint density at radius 1 is 1.03 bits per heavy atom. The second-order valence-electron chi connectivity index (χ2n) is 7.32. The van der Waals surface area contributed by atoms with Crippen molar-refractivity contribution in [2.75, 3.05) is 5.32 Å². The van der Waals surface area contributed by atoms with Crippen molar-refractivity contribution in [3.05, 3.63) is 92.4 Å². The molecule has 0 bridgehead atoms. The van der Waals surface area contributed by atoms with E-state index in [1.807, 2.05) is 37.3 Å². The molecule has 4 nitrogen and oxygen atoms in total. The molecule has 0 saturated heterocycles. The van der Waals surface area contributed by atoms with Gasteiger partial charge in [-0.15, -0.1) is 0 Å². The molecule has 0 spiro atoms. The molecule has 0 radical (unpaired) electrons. The van der Waals surface area contributed by atoms with E-state index >= 15 is 0 Å². The molecule has 8 heteroatoms. The fraction of sp³-hybridized carbons (Fsp3) is 0.120. The Morgan fingerprint density at radius 2 is 1.61 bits per heavy atom. The van der Waals surface area contributed by atoms with Crippen LogP contribution in [0.2, 0.25) is 0 Å². The summed E-state index contributed by atoms with van der Waals surface area (Å²) in [5.41, 5.74) is 4.67. The lowest BCUT2D eigenvalue weighted by Crippen LogP contribution is -2.14. The molecule has 33 heavy (non-hydrogen) atoms. The van der Waals surface area contributed by atoms with Gasteiger partial charge < -0.3 is 10.1 Å². The second-order valence-corrected chi connectivity index (χ2v) is 11.3. The standard InChI is InChI=1S/C25H18Br2I2N2O2/c1-14-3-5-16(6-4-14)13-33-24-21(28)10-17(11-22(24)29)9-18(12-30)25(32)31-23-19(26)7-15(2)8-20(23)27/h3-11H,13H2,1-2H3,(H,31,32)/b18-9+. The molecule has 1 amide bonds. The first-order chi connectivity index (χ1) is 15.7. The number of anilines is 1. The van der Waals surface area contributed by atoms with E-state index in [-0.39, 0.29) is 5.57 Å². The van der Waals surface area contributed by atoms with Gasteiger partial charge in [0.05, 0.1) is 12.8 Å². The summed E-state index contributed by atoms with van der Waals surface area (Å²) in [6.07, 6.45) is 1.58. The maximum Gasteiger partial charge on any atom is 0.266 e. The van der Waals surface area contributed by atoms with Gasteiger partial charge in [-0.2, -0.15) is 5.26 Å². The minimum atomic E-state index is -0.479. The number of rotatable bonds is 6. The number of carbonyl (C=O) groups excluding carboxylic acids is 1. The average Bonchev–Trinajstić information content (AvgIpc) is 2.75. The molecular weight excluding hydrogens is 774 g/mol. The summed E-state index contributed by atoms with van der Waals surface area (Å²) in [4.78, 5) is 12.8. The van der Waals surface area contributed by atoms with Crippen molar-refractivity contribution in [3.63, 3.8) is 0 Å². The molecule has 3 aromatic carbocycles. The van der Waals surface area contributed by atoms with Gasteiger partial charge in [-0.1, -0.05) is 29.8 Å². The first-order valence-electron chi connectivity index (χ1n) is 9.74. The van der Waals surface area contributed by atoms with Crippen molar-refractivity contribution in [2.45, 2.75) is 20.5 Å². The van der Waals surface area contributed by atoms with Crippen molar-refractivity contribution < 1.29 is 9.53 Å². The highest BCUT2D eigenvalue weighted by molar-refractivity contribution is 14.1. The van der Waals surface area contributed by atoms with Crippen molar-refractivity contribution in [1.29, 1.82) is 5.26 Å². The summed E-state index contributed by atoms with van der Waals surface area (Å²) in [5.74, 6) is 0.303. The van der Waals surface area contributed by atoms with Crippen molar-refractivity contribution in [2.24, 2.45) is 0 Å². The summed E-state index contributed by atoms with van der Waals surface area (Å²) in [6, 6.07) is 17.8. The second kappa shape index (κ2) is 11.8. The molecule has 0 heterocycles. The fourth-order valence-electron chi connectivity index (χ4n) is 2.96. The van der Waals surface area contributed by atoms with E-state index < -0.39 is 5.91 Å². The number of nitrogens with zero attached hydrogens (tertiary/aromatic N) is 1. The average molecular weight is 792 g/mol. The number of aryl methyl sites for hydroxylation is 2. The molecule has 0 atom stereocenters. The van der Waals surface area contributed by atoms with E-state index in [1.165, 1.54) is 5.56 Å². The maximum absolute atomic E-state index is 12.8. The number of hydrogen-bond acceptors (Lipinski definition) is 3. The summed E-state index contributed by atoms with van der Waals surface area (Å²) < 4.78 is 9.33. The van der Waals surface area contributed by atoms with Crippen LogP contribution in [-0.4, -0.2) is 5.91 Å². The van der Waals surface area contributed by atoms with E-state index in [4.69, 9.17) is 4.74 Å². The van der Waals surface area contributed by atoms with E-state index in [0.29, 0.717) is 12.3 Å². The summed E-state index contributed by atoms with van der Waals surface area (Å²) in [5, 5.41) is 12.4. The minimum absolute atomic E-state index is 0.00861. The van der Waals surface area contributed by atoms with Crippen LogP contribution in [0.15, 0.2) is 63.0 Å². The molecule has 0 saturated carbocycles. The number of benzene rings is 3. The van der Waals surface area contributed by atoms with Gasteiger partial charge in [-0.05, 0) is 138 Å². The van der Waals surface area contributed by atoms with Crippen LogP contribution < -0.4 is 10.1 Å². The molecule has 0 aliphatic heterocycles. The molecule has 3 rings (SSSR count). The molecule has 168 valence electrons. The lowest BCUT2D eigenvalue weighted by atomic mass is 10.1. The number of nitriles is 1. The maximum atomic E-state index is 12.8. The molecule has 0 fully saturated rings. The highest BCUT2D eigenvalue weighted by Gasteiger charge is 2.15. The number of carbonyl (C=O) groups is 1. The lowest BCUT2D eigenvalue weighted by molar-refractivity contribution is -0.112. The van der Waals surface area contributed by atoms with Gasteiger partial charge in [0, 0.05) is 8.95 Å². The van der Waals surface area contributed by atoms with E-state index in [2.05, 4.69) is 114 Å². The van der Waals surface area contributed by atoms with Gasteiger partial charge in [0.15, 0.2) is 0 Å². The number of ether oxygens (including phenoxy) is 1. The zero-order valence-corrected chi connectivity index (χ0v) is 25.2. The third-order valence-electron chi connectivity index (χ3n) is 4.63. The largest absolute Gasteiger partial charge is 0.487 e. The highest BCUT2D eigenvalue weighted by atomic mass is 127. The van der Waals surface area contributed by atoms with Gasteiger partial charge in [0.2, 0.25) is 0 Å². The Bertz CT molecular complexity index is 1240. The smallest absolute Gasteiger partial charge is 0.266 e. The predicted molar refractivity (Wildman–Crippen MR) is 156 cm³/mol. The first kappa shape index (κ1) is 26.2. The number of halogens is 4. The van der Waals surface area contributed by atoms with Gasteiger partial charge >= 0.3 is 0 Å². The van der Waals surface area contributed by atoms with Crippen LogP contribution in [-0.2, 0) is 11.4 Å². The Kier molecular flexibility index (Phi) is 9.38. The number of hydrogen-bond donors (Lipinski definition) is 1. The topological polar surface area (TPSA) is 62.1 Å². The number of nitrogens with one attached hydrogen (secondary N) is 1. The molecule has 0 aliphatic carbocycles. The summed E-state index contributed by atoms with van der Waals surface area (Å²) in [7, 11) is 0. The van der Waals surface area contributed by atoms with Gasteiger partial charge in [-0.3, -0.25) is 4.79 Å². The predicted octanol–water partition coefficient (Wildman–Crippen LogP) is 8.16. The Labute approximate surface area is 237 Å². The SMILES string of the molecule is Cc1ccc(COc2c(I)cc(/C=C(\C#N)C(=O)Nc3c(Br)cc(C)cc3Br)cc2I)cc1. The molecule has 3 aromatic rings. The molecule has 1 N–H and O–H groups in total. The zero-order chi connectivity index (χ0) is 24.1. The monoisotopic (exact) mass is 790 g/mol. The van der Waals surface area contributed by atoms with E-state index in [0.717, 1.165) is 38.5 Å². The highest BCUT2D eigenvalue weighted by Crippen LogP contribution is 2.33. The molecule has 0 unspecified atom stereocenters. The van der Waals surface area contributed by atoms with Crippen molar-refractivity contribution in [3.8, 4) is 11.8 Å². The molecule has 0 aromatic heterocycles. The van der Waals surface area contributed by atoms with E-state index in [1.54, 1.807) is 6.08 Å². The third-order valence-corrected chi connectivity index (χ3v) is 7.48. The Balaban J connectivity index is 1.80. The normalized spacial score (nSPS) is 11.1.